The number of phenols is 1. The molecule has 120 valence electrons. The number of hydrogen-bond acceptors (Lipinski definition) is 3. The molecule has 0 amide bonds. The van der Waals surface area contributed by atoms with Crippen LogP contribution in [0.25, 0.3) is 0 Å². The summed E-state index contributed by atoms with van der Waals surface area (Å²) in [6.45, 7) is 0.460. The van der Waals surface area contributed by atoms with Crippen molar-refractivity contribution in [3.05, 3.63) is 88.9 Å². The van der Waals surface area contributed by atoms with Gasteiger partial charge in [0.05, 0.1) is 5.69 Å². The van der Waals surface area contributed by atoms with Crippen molar-refractivity contribution in [3.8, 4) is 11.5 Å². The molecular weight excluding hydrogens is 322 g/mol. The second-order valence-corrected chi connectivity index (χ2v) is 5.66. The number of nitrogens with zero attached hydrogens (tertiary/aromatic N) is 1. The molecule has 0 aliphatic carbocycles. The van der Waals surface area contributed by atoms with Crippen LogP contribution in [0.15, 0.2) is 77.8 Å². The number of rotatable bonds is 5. The molecule has 24 heavy (non-hydrogen) atoms. The molecule has 1 N–H and O–H groups in total. The van der Waals surface area contributed by atoms with Gasteiger partial charge in [0.2, 0.25) is 0 Å². The molecule has 0 bridgehead atoms. The van der Waals surface area contributed by atoms with Crippen LogP contribution in [0.3, 0.4) is 0 Å². The molecule has 3 aromatic rings. The highest BCUT2D eigenvalue weighted by Gasteiger charge is 2.02. The zero-order valence-electron chi connectivity index (χ0n) is 12.9. The molecule has 3 nitrogen and oxygen atoms in total. The Hall–Kier alpha value is -2.78. The Kier molecular flexibility index (Phi) is 5.14. The van der Waals surface area contributed by atoms with Gasteiger partial charge in [0.25, 0.3) is 0 Å². The van der Waals surface area contributed by atoms with Crippen molar-refractivity contribution in [2.75, 3.05) is 0 Å². The van der Waals surface area contributed by atoms with E-state index in [0.717, 1.165) is 22.6 Å². The van der Waals surface area contributed by atoms with Gasteiger partial charge < -0.3 is 9.84 Å². The first-order valence-electron chi connectivity index (χ1n) is 7.50. The fourth-order valence-electron chi connectivity index (χ4n) is 2.14. The monoisotopic (exact) mass is 337 g/mol. The van der Waals surface area contributed by atoms with Gasteiger partial charge in [0.1, 0.15) is 18.1 Å². The van der Waals surface area contributed by atoms with Crippen molar-refractivity contribution in [2.45, 2.75) is 6.61 Å². The highest BCUT2D eigenvalue weighted by molar-refractivity contribution is 6.30. The van der Waals surface area contributed by atoms with Crippen LogP contribution in [0.4, 0.5) is 5.69 Å². The van der Waals surface area contributed by atoms with E-state index in [-0.39, 0.29) is 5.75 Å². The minimum atomic E-state index is 0.223. The van der Waals surface area contributed by atoms with Gasteiger partial charge >= 0.3 is 0 Å². The van der Waals surface area contributed by atoms with E-state index in [9.17, 15) is 5.11 Å². The number of aromatic hydroxyl groups is 1. The second-order valence-electron chi connectivity index (χ2n) is 5.23. The van der Waals surface area contributed by atoms with E-state index in [2.05, 4.69) is 4.99 Å². The highest BCUT2D eigenvalue weighted by atomic mass is 35.5. The quantitative estimate of drug-likeness (QED) is 0.635. The van der Waals surface area contributed by atoms with Crippen LogP contribution in [0.5, 0.6) is 11.5 Å². The van der Waals surface area contributed by atoms with Gasteiger partial charge in [-0.15, -0.1) is 0 Å². The normalized spacial score (nSPS) is 10.9. The first kappa shape index (κ1) is 16.1. The largest absolute Gasteiger partial charge is 0.508 e. The summed E-state index contributed by atoms with van der Waals surface area (Å²) in [5.41, 5.74) is 2.70. The topological polar surface area (TPSA) is 41.8 Å². The zero-order valence-corrected chi connectivity index (χ0v) is 13.6. The minimum Gasteiger partial charge on any atom is -0.508 e. The van der Waals surface area contributed by atoms with Crippen LogP contribution in [0, 0.1) is 0 Å². The molecule has 0 unspecified atom stereocenters. The maximum atomic E-state index is 9.30. The number of hydrogen-bond donors (Lipinski definition) is 1. The molecule has 0 heterocycles. The summed E-state index contributed by atoms with van der Waals surface area (Å²) in [4.78, 5) is 4.41. The van der Waals surface area contributed by atoms with E-state index >= 15 is 0 Å². The Morgan fingerprint density at radius 3 is 2.38 bits per heavy atom. The Morgan fingerprint density at radius 1 is 0.917 bits per heavy atom. The third-order valence-corrected chi connectivity index (χ3v) is 3.68. The molecule has 3 aromatic carbocycles. The van der Waals surface area contributed by atoms with Gasteiger partial charge in [-0.3, -0.25) is 4.99 Å². The number of ether oxygens (including phenoxy) is 1. The van der Waals surface area contributed by atoms with Crippen LogP contribution < -0.4 is 4.74 Å². The van der Waals surface area contributed by atoms with E-state index in [1.807, 2.05) is 48.5 Å². The second kappa shape index (κ2) is 7.66. The van der Waals surface area contributed by atoms with E-state index < -0.39 is 0 Å². The molecule has 0 spiro atoms. The van der Waals surface area contributed by atoms with Gasteiger partial charge in [-0.05, 0) is 54.1 Å². The molecular formula is C20H16ClNO2. The van der Waals surface area contributed by atoms with Crippen molar-refractivity contribution in [3.63, 3.8) is 0 Å². The molecule has 0 saturated carbocycles. The van der Waals surface area contributed by atoms with Crippen molar-refractivity contribution >= 4 is 23.5 Å². The zero-order chi connectivity index (χ0) is 16.8. The van der Waals surface area contributed by atoms with Gasteiger partial charge in [-0.1, -0.05) is 35.9 Å². The smallest absolute Gasteiger partial charge is 0.128 e. The fourth-order valence-corrected chi connectivity index (χ4v) is 2.27. The summed E-state index contributed by atoms with van der Waals surface area (Å²) in [6.07, 6.45) is 1.75. The predicted molar refractivity (Wildman–Crippen MR) is 97.6 cm³/mol. The number of phenolic OH excluding ortho intramolecular Hbond substituents is 1. The number of benzene rings is 3. The van der Waals surface area contributed by atoms with Crippen molar-refractivity contribution in [1.82, 2.24) is 0 Å². The first-order valence-corrected chi connectivity index (χ1v) is 7.88. The lowest BCUT2D eigenvalue weighted by Crippen LogP contribution is -1.98. The lowest BCUT2D eigenvalue weighted by Gasteiger charge is -2.09. The van der Waals surface area contributed by atoms with Crippen molar-refractivity contribution in [2.24, 2.45) is 4.99 Å². The molecule has 0 aliphatic heterocycles. The predicted octanol–water partition coefficient (Wildman–Crippen LogP) is 5.38. The van der Waals surface area contributed by atoms with Crippen LogP contribution in [0.1, 0.15) is 11.1 Å². The number of halogens is 1. The molecule has 0 radical (unpaired) electrons. The molecule has 0 fully saturated rings. The molecule has 4 heteroatoms. The summed E-state index contributed by atoms with van der Waals surface area (Å²) in [6, 6.07) is 22.0. The minimum absolute atomic E-state index is 0.223. The third-order valence-electron chi connectivity index (χ3n) is 3.43. The standard InChI is InChI=1S/C20H16ClNO2/c21-17-7-5-15(6-8-17)14-24-20-4-2-1-3-16(20)13-22-18-9-11-19(23)12-10-18/h1-13,23H,14H2. The number of para-hydroxylation sites is 1. The van der Waals surface area contributed by atoms with E-state index in [0.29, 0.717) is 11.6 Å². The molecule has 0 atom stereocenters. The van der Waals surface area contributed by atoms with Crippen LogP contribution in [-0.4, -0.2) is 11.3 Å². The van der Waals surface area contributed by atoms with E-state index in [4.69, 9.17) is 16.3 Å². The van der Waals surface area contributed by atoms with Crippen LogP contribution in [0.2, 0.25) is 5.02 Å². The van der Waals surface area contributed by atoms with Crippen molar-refractivity contribution in [1.29, 1.82) is 0 Å². The Labute approximate surface area is 145 Å². The summed E-state index contributed by atoms with van der Waals surface area (Å²) in [5.74, 6) is 0.982. The molecule has 0 aliphatic rings. The molecule has 3 rings (SSSR count). The average Bonchev–Trinajstić information content (AvgIpc) is 2.61. The summed E-state index contributed by atoms with van der Waals surface area (Å²) in [5, 5.41) is 10.0. The van der Waals surface area contributed by atoms with Gasteiger partial charge in [0.15, 0.2) is 0 Å². The van der Waals surface area contributed by atoms with Crippen molar-refractivity contribution < 1.29 is 9.84 Å². The summed E-state index contributed by atoms with van der Waals surface area (Å²) >= 11 is 5.89. The Balaban J connectivity index is 1.72. The van der Waals surface area contributed by atoms with Gasteiger partial charge in [0, 0.05) is 16.8 Å². The van der Waals surface area contributed by atoms with Crippen LogP contribution in [-0.2, 0) is 6.61 Å². The SMILES string of the molecule is Oc1ccc(N=Cc2ccccc2OCc2ccc(Cl)cc2)cc1. The van der Waals surface area contributed by atoms with Gasteiger partial charge in [-0.25, -0.2) is 0 Å². The Bertz CT molecular complexity index is 827. The van der Waals surface area contributed by atoms with Crippen LogP contribution >= 0.6 is 11.6 Å². The third kappa shape index (κ3) is 4.37. The average molecular weight is 338 g/mol. The first-order chi connectivity index (χ1) is 11.7. The summed E-state index contributed by atoms with van der Waals surface area (Å²) in [7, 11) is 0. The number of aliphatic imine (C=N–C) groups is 1. The fraction of sp³-hybridized carbons (Fsp3) is 0.0500. The maximum absolute atomic E-state index is 9.30. The summed E-state index contributed by atoms with van der Waals surface area (Å²) < 4.78 is 5.90. The van der Waals surface area contributed by atoms with E-state index in [1.54, 1.807) is 30.5 Å². The lowest BCUT2D eigenvalue weighted by molar-refractivity contribution is 0.306. The highest BCUT2D eigenvalue weighted by Crippen LogP contribution is 2.21. The van der Waals surface area contributed by atoms with E-state index in [1.165, 1.54) is 0 Å². The maximum Gasteiger partial charge on any atom is 0.128 e. The molecule has 0 saturated heterocycles. The molecule has 0 aromatic heterocycles. The lowest BCUT2D eigenvalue weighted by atomic mass is 10.2. The Morgan fingerprint density at radius 2 is 1.62 bits per heavy atom. The van der Waals surface area contributed by atoms with Gasteiger partial charge in [-0.2, -0.15) is 0 Å².